The maximum absolute atomic E-state index is 13.9. The van der Waals surface area contributed by atoms with E-state index in [2.05, 4.69) is 10.3 Å². The van der Waals surface area contributed by atoms with Crippen LogP contribution in [-0.4, -0.2) is 21.2 Å². The summed E-state index contributed by atoms with van der Waals surface area (Å²) in [5.41, 5.74) is -0.0873. The summed E-state index contributed by atoms with van der Waals surface area (Å²) in [5, 5.41) is 2.76. The number of ketones is 1. The molecule has 1 N–H and O–H groups in total. The van der Waals surface area contributed by atoms with E-state index in [1.165, 1.54) is 29.0 Å². The first-order valence-electron chi connectivity index (χ1n) is 9.79. The number of aryl methyl sites for hydroxylation is 1. The minimum atomic E-state index is -0.805. The van der Waals surface area contributed by atoms with Gasteiger partial charge in [0.25, 0.3) is 0 Å². The van der Waals surface area contributed by atoms with Crippen LogP contribution in [0.4, 0.5) is 14.5 Å². The zero-order valence-electron chi connectivity index (χ0n) is 17.2. The summed E-state index contributed by atoms with van der Waals surface area (Å²) in [6.07, 6.45) is 1.24. The lowest BCUT2D eigenvalue weighted by Gasteiger charge is -2.13. The highest BCUT2D eigenvalue weighted by molar-refractivity contribution is 6.31. The molecule has 2 heterocycles. The summed E-state index contributed by atoms with van der Waals surface area (Å²) in [6, 6.07) is 12.0. The van der Waals surface area contributed by atoms with Crippen LogP contribution in [0.25, 0.3) is 11.0 Å². The maximum Gasteiger partial charge on any atom is 0.244 e. The van der Waals surface area contributed by atoms with Crippen molar-refractivity contribution in [2.45, 2.75) is 13.5 Å². The summed E-state index contributed by atoms with van der Waals surface area (Å²) < 4.78 is 28.7. The monoisotopic (exact) mass is 467 g/mol. The number of anilines is 1. The number of amides is 1. The van der Waals surface area contributed by atoms with Crippen molar-refractivity contribution in [3.8, 4) is 0 Å². The summed E-state index contributed by atoms with van der Waals surface area (Å²) in [7, 11) is 0. The molecule has 0 saturated heterocycles. The molecule has 0 fully saturated rings. The van der Waals surface area contributed by atoms with Gasteiger partial charge in [0.05, 0.1) is 16.6 Å². The van der Waals surface area contributed by atoms with Gasteiger partial charge in [0.2, 0.25) is 11.3 Å². The first-order chi connectivity index (χ1) is 15.7. The van der Waals surface area contributed by atoms with Crippen molar-refractivity contribution < 1.29 is 18.4 Å². The van der Waals surface area contributed by atoms with Gasteiger partial charge in [-0.15, -0.1) is 0 Å². The van der Waals surface area contributed by atoms with Gasteiger partial charge < -0.3 is 9.88 Å². The Morgan fingerprint density at radius 2 is 1.88 bits per heavy atom. The molecule has 6 nitrogen and oxygen atoms in total. The van der Waals surface area contributed by atoms with Crippen LogP contribution < -0.4 is 10.7 Å². The number of halogens is 3. The molecule has 0 atom stereocenters. The van der Waals surface area contributed by atoms with Crippen molar-refractivity contribution in [3.63, 3.8) is 0 Å². The predicted octanol–water partition coefficient (Wildman–Crippen LogP) is 4.51. The molecule has 0 radical (unpaired) electrons. The second-order valence-electron chi connectivity index (χ2n) is 7.34. The molecule has 4 rings (SSSR count). The molecule has 0 aliphatic heterocycles. The molecule has 166 valence electrons. The molecule has 0 unspecified atom stereocenters. The Bertz CT molecular complexity index is 1480. The van der Waals surface area contributed by atoms with Gasteiger partial charge in [0.1, 0.15) is 23.8 Å². The summed E-state index contributed by atoms with van der Waals surface area (Å²) in [4.78, 5) is 43.1. The van der Waals surface area contributed by atoms with E-state index in [1.807, 2.05) is 0 Å². The highest BCUT2D eigenvalue weighted by atomic mass is 35.5. The van der Waals surface area contributed by atoms with Gasteiger partial charge >= 0.3 is 0 Å². The molecule has 0 aliphatic rings. The molecule has 33 heavy (non-hydrogen) atoms. The lowest BCUT2D eigenvalue weighted by molar-refractivity contribution is -0.116. The number of carbonyl (C=O) groups is 2. The molecule has 1 amide bonds. The first kappa shape index (κ1) is 22.3. The highest BCUT2D eigenvalue weighted by Crippen LogP contribution is 2.18. The van der Waals surface area contributed by atoms with Crippen LogP contribution in [0.1, 0.15) is 21.6 Å². The Kier molecular flexibility index (Phi) is 6.02. The van der Waals surface area contributed by atoms with E-state index in [9.17, 15) is 23.2 Å². The molecular weight excluding hydrogens is 452 g/mol. The zero-order chi connectivity index (χ0) is 23.7. The minimum absolute atomic E-state index is 0.137. The van der Waals surface area contributed by atoms with Crippen LogP contribution in [0, 0.1) is 18.6 Å². The average Bonchev–Trinajstić information content (AvgIpc) is 2.77. The highest BCUT2D eigenvalue weighted by Gasteiger charge is 2.19. The molecule has 2 aromatic carbocycles. The topological polar surface area (TPSA) is 81.1 Å². The summed E-state index contributed by atoms with van der Waals surface area (Å²) in [6.45, 7) is 1.31. The summed E-state index contributed by atoms with van der Waals surface area (Å²) in [5.74, 6) is -2.79. The molecule has 4 aromatic rings. The molecule has 0 aliphatic carbocycles. The second kappa shape index (κ2) is 8.91. The Hall–Kier alpha value is -3.91. The minimum Gasteiger partial charge on any atom is -0.322 e. The molecule has 0 spiro atoms. The number of carbonyl (C=O) groups excluding carboxylic acids is 2. The van der Waals surface area contributed by atoms with Gasteiger partial charge in [-0.1, -0.05) is 23.7 Å². The first-order valence-corrected chi connectivity index (χ1v) is 10.2. The van der Waals surface area contributed by atoms with Crippen LogP contribution in [0.5, 0.6) is 0 Å². The van der Waals surface area contributed by atoms with E-state index in [4.69, 9.17) is 11.6 Å². The van der Waals surface area contributed by atoms with Gasteiger partial charge in [-0.25, -0.2) is 13.8 Å². The zero-order valence-corrected chi connectivity index (χ0v) is 18.0. The lowest BCUT2D eigenvalue weighted by Crippen LogP contribution is -2.25. The number of nitrogens with one attached hydrogen (secondary N) is 1. The molecule has 0 bridgehead atoms. The second-order valence-corrected chi connectivity index (χ2v) is 7.77. The number of hydrogen-bond donors (Lipinski definition) is 1. The third kappa shape index (κ3) is 4.65. The third-order valence-corrected chi connectivity index (χ3v) is 5.14. The maximum atomic E-state index is 13.9. The quantitative estimate of drug-likeness (QED) is 0.438. The van der Waals surface area contributed by atoms with Gasteiger partial charge in [-0.3, -0.25) is 14.4 Å². The van der Waals surface area contributed by atoms with Crippen LogP contribution in [-0.2, 0) is 11.3 Å². The fourth-order valence-electron chi connectivity index (χ4n) is 3.37. The Labute approximate surface area is 191 Å². The number of nitrogens with zero attached hydrogens (tertiary/aromatic N) is 2. The van der Waals surface area contributed by atoms with Gasteiger partial charge in [0, 0.05) is 28.5 Å². The normalized spacial score (nSPS) is 10.9. The number of hydrogen-bond acceptors (Lipinski definition) is 4. The molecule has 9 heteroatoms. The van der Waals surface area contributed by atoms with Crippen LogP contribution in [0.2, 0.25) is 5.02 Å². The Morgan fingerprint density at radius 3 is 2.64 bits per heavy atom. The number of pyridine rings is 2. The van der Waals surface area contributed by atoms with Crippen molar-refractivity contribution in [1.29, 1.82) is 0 Å². The van der Waals surface area contributed by atoms with Gasteiger partial charge in [-0.2, -0.15) is 0 Å². The van der Waals surface area contributed by atoms with E-state index >= 15 is 0 Å². The van der Waals surface area contributed by atoms with Crippen molar-refractivity contribution in [2.75, 3.05) is 5.32 Å². The van der Waals surface area contributed by atoms with Crippen molar-refractivity contribution >= 4 is 40.0 Å². The van der Waals surface area contributed by atoms with E-state index < -0.39 is 35.3 Å². The summed E-state index contributed by atoms with van der Waals surface area (Å²) >= 11 is 5.97. The number of rotatable bonds is 5. The number of fused-ring (bicyclic) bond motifs is 1. The van der Waals surface area contributed by atoms with E-state index in [0.29, 0.717) is 10.7 Å². The predicted molar refractivity (Wildman–Crippen MR) is 121 cm³/mol. The Morgan fingerprint density at radius 1 is 1.09 bits per heavy atom. The van der Waals surface area contributed by atoms with Crippen molar-refractivity contribution in [1.82, 2.24) is 9.55 Å². The smallest absolute Gasteiger partial charge is 0.244 e. The van der Waals surface area contributed by atoms with Gasteiger partial charge in [-0.05, 0) is 43.3 Å². The largest absolute Gasteiger partial charge is 0.322 e. The van der Waals surface area contributed by atoms with Crippen LogP contribution >= 0.6 is 11.6 Å². The molecular formula is C24H16ClF2N3O3. The standard InChI is InChI=1S/C24H16ClF2N3O3/c1-13-5-7-17-23(33)18(22(32)14-3-2-4-15(25)9-14)11-30(24(17)28-13)12-21(31)29-20-10-16(26)6-8-19(20)27/h2-11H,12H2,1H3,(H,29,31). The SMILES string of the molecule is Cc1ccc2c(=O)c(C(=O)c3cccc(Cl)c3)cn(CC(=O)Nc3cc(F)ccc3F)c2n1. The van der Waals surface area contributed by atoms with Gasteiger partial charge in [0.15, 0.2) is 5.78 Å². The fourth-order valence-corrected chi connectivity index (χ4v) is 3.56. The van der Waals surface area contributed by atoms with Crippen LogP contribution in [0.15, 0.2) is 65.6 Å². The fraction of sp³-hybridized carbons (Fsp3) is 0.0833. The Balaban J connectivity index is 1.78. The lowest BCUT2D eigenvalue weighted by atomic mass is 10.0. The van der Waals surface area contributed by atoms with E-state index in [0.717, 1.165) is 18.2 Å². The average molecular weight is 468 g/mol. The third-order valence-electron chi connectivity index (χ3n) is 4.91. The van der Waals surface area contributed by atoms with E-state index in [-0.39, 0.29) is 27.8 Å². The number of benzene rings is 2. The van der Waals surface area contributed by atoms with Crippen molar-refractivity contribution in [2.24, 2.45) is 0 Å². The van der Waals surface area contributed by atoms with Crippen LogP contribution in [0.3, 0.4) is 0 Å². The molecule has 0 saturated carbocycles. The number of aromatic nitrogens is 2. The van der Waals surface area contributed by atoms with Crippen molar-refractivity contribution in [3.05, 3.63) is 104 Å². The van der Waals surface area contributed by atoms with E-state index in [1.54, 1.807) is 25.1 Å². The molecule has 2 aromatic heterocycles.